The Balaban J connectivity index is 1.25. The normalized spacial score (nSPS) is 24.4. The number of fused-ring (bicyclic) bond motifs is 1. The summed E-state index contributed by atoms with van der Waals surface area (Å²) in [4.78, 5) is 20.3. The smallest absolute Gasteiger partial charge is 0.490 e. The first-order valence-electron chi connectivity index (χ1n) is 14.6. The molecule has 2 aromatic heterocycles. The Morgan fingerprint density at radius 3 is 2.38 bits per heavy atom. The van der Waals surface area contributed by atoms with Crippen molar-refractivity contribution in [3.63, 3.8) is 0 Å². The molecule has 0 N–H and O–H groups in total. The van der Waals surface area contributed by atoms with Crippen LogP contribution in [0.2, 0.25) is 0 Å². The van der Waals surface area contributed by atoms with Crippen molar-refractivity contribution in [2.24, 2.45) is 5.92 Å². The van der Waals surface area contributed by atoms with Crippen LogP contribution in [0.4, 0.5) is 0 Å². The minimum absolute atomic E-state index is 0.0166. The minimum Gasteiger partial charge on any atom is -0.490 e. The lowest BCUT2D eigenvalue weighted by atomic mass is 9.80. The van der Waals surface area contributed by atoms with Crippen LogP contribution in [0.5, 0.6) is 5.75 Å². The summed E-state index contributed by atoms with van der Waals surface area (Å²) >= 11 is 0. The van der Waals surface area contributed by atoms with E-state index in [1.54, 1.807) is 6.20 Å². The van der Waals surface area contributed by atoms with E-state index >= 15 is 0 Å². The molecule has 0 spiro atoms. The van der Waals surface area contributed by atoms with Gasteiger partial charge in [0.1, 0.15) is 11.3 Å². The lowest BCUT2D eigenvalue weighted by molar-refractivity contribution is 0.00578. The quantitative estimate of drug-likeness (QED) is 0.427. The van der Waals surface area contributed by atoms with Crippen molar-refractivity contribution in [2.75, 3.05) is 26.3 Å². The molecule has 1 amide bonds. The number of nitrogens with zero attached hydrogens (tertiary/aromatic N) is 3. The van der Waals surface area contributed by atoms with Gasteiger partial charge >= 0.3 is 7.12 Å². The zero-order chi connectivity index (χ0) is 27.9. The lowest BCUT2D eigenvalue weighted by Gasteiger charge is -2.32. The second-order valence-electron chi connectivity index (χ2n) is 12.4. The summed E-state index contributed by atoms with van der Waals surface area (Å²) in [6, 6.07) is 12.2. The molecule has 6 rings (SSSR count). The number of pyridine rings is 1. The fourth-order valence-corrected chi connectivity index (χ4v) is 5.94. The number of rotatable bonds is 6. The Kier molecular flexibility index (Phi) is 7.40. The fraction of sp³-hybridized carbons (Fsp3) is 0.548. The van der Waals surface area contributed by atoms with Gasteiger partial charge in [0.05, 0.1) is 41.6 Å². The summed E-state index contributed by atoms with van der Waals surface area (Å²) in [7, 11) is -0.505. The Morgan fingerprint density at radius 2 is 1.70 bits per heavy atom. The first-order valence-corrected chi connectivity index (χ1v) is 14.6. The van der Waals surface area contributed by atoms with Gasteiger partial charge in [0.2, 0.25) is 0 Å². The van der Waals surface area contributed by atoms with Gasteiger partial charge in [-0.15, -0.1) is 0 Å². The molecule has 0 unspecified atom stereocenters. The number of benzene rings is 1. The molecule has 4 heterocycles. The van der Waals surface area contributed by atoms with Crippen LogP contribution in [0.3, 0.4) is 0 Å². The van der Waals surface area contributed by atoms with Crippen LogP contribution in [0.25, 0.3) is 11.0 Å². The third-order valence-corrected chi connectivity index (χ3v) is 9.09. The Hall–Kier alpha value is -2.88. The van der Waals surface area contributed by atoms with Crippen LogP contribution < -0.4 is 10.2 Å². The molecule has 8 nitrogen and oxygen atoms in total. The fourth-order valence-electron chi connectivity index (χ4n) is 5.94. The van der Waals surface area contributed by atoms with Gasteiger partial charge in [-0.2, -0.15) is 0 Å². The maximum Gasteiger partial charge on any atom is 0.496 e. The van der Waals surface area contributed by atoms with Crippen molar-refractivity contribution in [1.29, 1.82) is 0 Å². The van der Waals surface area contributed by atoms with Crippen LogP contribution >= 0.6 is 0 Å². The molecule has 0 atom stereocenters. The maximum absolute atomic E-state index is 13.6. The monoisotopic (exact) mass is 545 g/mol. The number of ether oxygens (including phenoxy) is 2. The lowest BCUT2D eigenvalue weighted by Crippen LogP contribution is -2.41. The molecule has 0 radical (unpaired) electrons. The minimum atomic E-state index is -0.505. The second kappa shape index (κ2) is 10.8. The average Bonchev–Trinajstić information content (AvgIpc) is 3.42. The molecule has 0 bridgehead atoms. The molecular formula is C31H40BN3O5. The average molecular weight is 545 g/mol. The van der Waals surface area contributed by atoms with Gasteiger partial charge < -0.3 is 28.2 Å². The summed E-state index contributed by atoms with van der Waals surface area (Å²) in [6.07, 6.45) is 8.26. The van der Waals surface area contributed by atoms with Crippen molar-refractivity contribution in [3.05, 3.63) is 54.4 Å². The molecule has 1 saturated carbocycles. The van der Waals surface area contributed by atoms with Gasteiger partial charge in [0.15, 0.2) is 0 Å². The standard InChI is InChI=1S/C31H40BN3O5/c1-30(2)31(3,4)40-32(39-30)23-18-27-28(33-19-23)26(29(36)34-14-16-37-17-15-34)21-35(27)20-22-10-12-25(13-11-22)38-24-8-6-5-7-9-24/h5-9,18-19,21-22,25H,10-17,20H2,1-4H3. The van der Waals surface area contributed by atoms with Crippen molar-refractivity contribution >= 4 is 29.5 Å². The number of carbonyl (C=O) groups excluding carboxylic acids is 1. The van der Waals surface area contributed by atoms with Gasteiger partial charge in [-0.05, 0) is 77.5 Å². The highest BCUT2D eigenvalue weighted by Crippen LogP contribution is 2.37. The Morgan fingerprint density at radius 1 is 1.02 bits per heavy atom. The van der Waals surface area contributed by atoms with E-state index in [0.717, 1.165) is 54.5 Å². The van der Waals surface area contributed by atoms with E-state index in [0.29, 0.717) is 37.8 Å². The number of carbonyl (C=O) groups is 1. The van der Waals surface area contributed by atoms with Crippen LogP contribution in [0, 0.1) is 5.92 Å². The molecule has 2 aliphatic heterocycles. The topological polar surface area (TPSA) is 75.0 Å². The Bertz CT molecular complexity index is 1330. The van der Waals surface area contributed by atoms with Crippen molar-refractivity contribution in [1.82, 2.24) is 14.5 Å². The van der Waals surface area contributed by atoms with E-state index in [9.17, 15) is 4.79 Å². The molecule has 3 aromatic rings. The zero-order valence-electron chi connectivity index (χ0n) is 24.1. The van der Waals surface area contributed by atoms with E-state index in [2.05, 4.69) is 38.3 Å². The van der Waals surface area contributed by atoms with Crippen LogP contribution in [0.1, 0.15) is 63.7 Å². The number of morpholine rings is 1. The van der Waals surface area contributed by atoms with Gasteiger partial charge in [-0.25, -0.2) is 0 Å². The van der Waals surface area contributed by atoms with E-state index in [1.165, 1.54) is 0 Å². The summed E-state index contributed by atoms with van der Waals surface area (Å²) in [5.41, 5.74) is 2.33. The van der Waals surface area contributed by atoms with Crippen molar-refractivity contribution in [3.8, 4) is 5.75 Å². The molecule has 9 heteroatoms. The second-order valence-corrected chi connectivity index (χ2v) is 12.4. The Labute approximate surface area is 237 Å². The predicted molar refractivity (Wildman–Crippen MR) is 155 cm³/mol. The number of aromatic nitrogens is 2. The highest BCUT2D eigenvalue weighted by atomic mass is 16.7. The van der Waals surface area contributed by atoms with Gasteiger partial charge in [-0.3, -0.25) is 9.78 Å². The third-order valence-electron chi connectivity index (χ3n) is 9.09. The molecule has 2 saturated heterocycles. The van der Waals surface area contributed by atoms with E-state index < -0.39 is 18.3 Å². The molecule has 3 fully saturated rings. The van der Waals surface area contributed by atoms with Crippen LogP contribution in [-0.2, 0) is 20.6 Å². The van der Waals surface area contributed by atoms with E-state index in [-0.39, 0.29) is 12.0 Å². The SMILES string of the molecule is CC1(C)OB(c2cnc3c(C(=O)N4CCOCC4)cn(CC4CCC(Oc5ccccc5)CC4)c3c2)OC1(C)C. The largest absolute Gasteiger partial charge is 0.496 e. The number of hydrogen-bond acceptors (Lipinski definition) is 6. The zero-order valence-corrected chi connectivity index (χ0v) is 24.1. The number of para-hydroxylation sites is 1. The predicted octanol–water partition coefficient (Wildman–Crippen LogP) is 4.45. The summed E-state index contributed by atoms with van der Waals surface area (Å²) < 4.78 is 26.6. The molecule has 212 valence electrons. The van der Waals surface area contributed by atoms with Crippen LogP contribution in [-0.4, -0.2) is 71.1 Å². The molecule has 1 aliphatic carbocycles. The number of amides is 1. The highest BCUT2D eigenvalue weighted by Gasteiger charge is 2.52. The third kappa shape index (κ3) is 5.39. The first-order chi connectivity index (χ1) is 19.2. The van der Waals surface area contributed by atoms with E-state index in [4.69, 9.17) is 23.8 Å². The van der Waals surface area contributed by atoms with Gasteiger partial charge in [-0.1, -0.05) is 18.2 Å². The first kappa shape index (κ1) is 27.3. The number of hydrogen-bond donors (Lipinski definition) is 0. The van der Waals surface area contributed by atoms with E-state index in [1.807, 2.05) is 41.4 Å². The van der Waals surface area contributed by atoms with Gasteiger partial charge in [0.25, 0.3) is 5.91 Å². The summed E-state index contributed by atoms with van der Waals surface area (Å²) in [6.45, 7) is 11.4. The summed E-state index contributed by atoms with van der Waals surface area (Å²) in [5, 5.41) is 0. The van der Waals surface area contributed by atoms with Crippen molar-refractivity contribution in [2.45, 2.75) is 77.2 Å². The highest BCUT2D eigenvalue weighted by molar-refractivity contribution is 6.62. The molecule has 40 heavy (non-hydrogen) atoms. The van der Waals surface area contributed by atoms with Crippen molar-refractivity contribution < 1.29 is 23.6 Å². The van der Waals surface area contributed by atoms with Crippen LogP contribution in [0.15, 0.2) is 48.8 Å². The summed E-state index contributed by atoms with van der Waals surface area (Å²) in [5.74, 6) is 1.45. The van der Waals surface area contributed by atoms with Gasteiger partial charge in [0, 0.05) is 37.5 Å². The molecular weight excluding hydrogens is 505 g/mol. The maximum atomic E-state index is 13.6. The molecule has 1 aromatic carbocycles. The molecule has 3 aliphatic rings.